The fourth-order valence-electron chi connectivity index (χ4n) is 4.56. The number of nitrogens with zero attached hydrogens (tertiary/aromatic N) is 2. The van der Waals surface area contributed by atoms with Crippen LogP contribution in [0.5, 0.6) is 5.75 Å². The number of hydrogen-bond donors (Lipinski definition) is 1. The van der Waals surface area contributed by atoms with E-state index in [-0.39, 0.29) is 29.0 Å². The van der Waals surface area contributed by atoms with Crippen molar-refractivity contribution in [1.82, 2.24) is 9.55 Å². The molecule has 0 bridgehead atoms. The summed E-state index contributed by atoms with van der Waals surface area (Å²) >= 11 is 2.88. The predicted molar refractivity (Wildman–Crippen MR) is 133 cm³/mol. The SMILES string of the molecule is COc1cccc(NC(=O)CSc2nc3c(c(=O)n2-c2ccc(F)cc2)[C@@H]2CCCC[C@H]2S3)c1. The maximum Gasteiger partial charge on any atom is 0.263 e. The van der Waals surface area contributed by atoms with Crippen molar-refractivity contribution in [3.05, 3.63) is 70.3 Å². The summed E-state index contributed by atoms with van der Waals surface area (Å²) in [6.07, 6.45) is 4.34. The number of carbonyl (C=O) groups excluding carboxylic acids is 1. The molecule has 34 heavy (non-hydrogen) atoms. The van der Waals surface area contributed by atoms with Crippen LogP contribution in [0, 0.1) is 5.82 Å². The summed E-state index contributed by atoms with van der Waals surface area (Å²) in [6, 6.07) is 12.9. The third-order valence-corrected chi connectivity index (χ3v) is 8.50. The summed E-state index contributed by atoms with van der Waals surface area (Å²) in [4.78, 5) is 31.2. The number of aromatic nitrogens is 2. The molecule has 1 aromatic heterocycles. The first-order chi connectivity index (χ1) is 16.5. The zero-order chi connectivity index (χ0) is 23.7. The third kappa shape index (κ3) is 4.59. The molecule has 0 saturated heterocycles. The van der Waals surface area contributed by atoms with Crippen LogP contribution in [0.1, 0.15) is 37.2 Å². The molecule has 0 radical (unpaired) electrons. The van der Waals surface area contributed by atoms with Gasteiger partial charge in [-0.15, -0.1) is 11.8 Å². The van der Waals surface area contributed by atoms with Gasteiger partial charge in [0.2, 0.25) is 5.91 Å². The number of thioether (sulfide) groups is 2. The van der Waals surface area contributed by atoms with Crippen LogP contribution in [0.15, 0.2) is 63.5 Å². The highest BCUT2D eigenvalue weighted by atomic mass is 32.2. The smallest absolute Gasteiger partial charge is 0.263 e. The first-order valence-electron chi connectivity index (χ1n) is 11.2. The van der Waals surface area contributed by atoms with Gasteiger partial charge in [0.15, 0.2) is 5.16 Å². The van der Waals surface area contributed by atoms with Crippen molar-refractivity contribution >= 4 is 35.1 Å². The van der Waals surface area contributed by atoms with E-state index in [1.54, 1.807) is 55.3 Å². The highest BCUT2D eigenvalue weighted by molar-refractivity contribution is 8.00. The Balaban J connectivity index is 1.45. The van der Waals surface area contributed by atoms with E-state index in [0.29, 0.717) is 27.5 Å². The van der Waals surface area contributed by atoms with Crippen molar-refractivity contribution in [3.8, 4) is 11.4 Å². The number of methoxy groups -OCH3 is 1. The van der Waals surface area contributed by atoms with Crippen molar-refractivity contribution in [2.45, 2.75) is 47.0 Å². The minimum atomic E-state index is -0.374. The molecule has 2 aliphatic rings. The maximum atomic E-state index is 13.7. The molecule has 1 fully saturated rings. The van der Waals surface area contributed by atoms with E-state index in [2.05, 4.69) is 5.32 Å². The van der Waals surface area contributed by atoms with Gasteiger partial charge >= 0.3 is 0 Å². The van der Waals surface area contributed by atoms with Gasteiger partial charge in [-0.05, 0) is 49.2 Å². The van der Waals surface area contributed by atoms with Crippen LogP contribution < -0.4 is 15.6 Å². The topological polar surface area (TPSA) is 73.2 Å². The quantitative estimate of drug-likeness (QED) is 0.285. The Morgan fingerprint density at radius 2 is 2.03 bits per heavy atom. The number of fused-ring (bicyclic) bond motifs is 3. The lowest BCUT2D eigenvalue weighted by Gasteiger charge is -2.24. The molecule has 2 atom stereocenters. The number of nitrogens with one attached hydrogen (secondary N) is 1. The Morgan fingerprint density at radius 1 is 1.24 bits per heavy atom. The number of hydrogen-bond acceptors (Lipinski definition) is 6. The lowest BCUT2D eigenvalue weighted by atomic mass is 9.85. The molecule has 1 amide bonds. The molecule has 1 aliphatic carbocycles. The van der Waals surface area contributed by atoms with E-state index < -0.39 is 0 Å². The number of amides is 1. The van der Waals surface area contributed by atoms with Crippen LogP contribution in [0.3, 0.4) is 0 Å². The van der Waals surface area contributed by atoms with Crippen molar-refractivity contribution in [2.75, 3.05) is 18.2 Å². The third-order valence-electron chi connectivity index (χ3n) is 6.16. The molecular formula is C25H24FN3O3S2. The van der Waals surface area contributed by atoms with Crippen LogP contribution in [0.4, 0.5) is 10.1 Å². The largest absolute Gasteiger partial charge is 0.497 e. The molecule has 5 rings (SSSR count). The zero-order valence-electron chi connectivity index (χ0n) is 18.6. The molecule has 2 heterocycles. The maximum absolute atomic E-state index is 13.7. The lowest BCUT2D eigenvalue weighted by Crippen LogP contribution is -2.29. The van der Waals surface area contributed by atoms with Gasteiger partial charge in [-0.3, -0.25) is 14.2 Å². The lowest BCUT2D eigenvalue weighted by molar-refractivity contribution is -0.113. The normalized spacial score (nSPS) is 18.8. The van der Waals surface area contributed by atoms with Crippen molar-refractivity contribution in [3.63, 3.8) is 0 Å². The molecule has 9 heteroatoms. The first kappa shape index (κ1) is 23.0. The number of ether oxygens (including phenoxy) is 1. The van der Waals surface area contributed by atoms with Gasteiger partial charge in [0.25, 0.3) is 5.56 Å². The molecule has 3 aromatic rings. The summed E-state index contributed by atoms with van der Waals surface area (Å²) in [5, 5.41) is 4.44. The molecule has 0 unspecified atom stereocenters. The highest BCUT2D eigenvalue weighted by Crippen LogP contribution is 2.50. The number of rotatable bonds is 6. The molecule has 1 saturated carbocycles. The second-order valence-corrected chi connectivity index (χ2v) is 10.5. The van der Waals surface area contributed by atoms with Crippen molar-refractivity contribution < 1.29 is 13.9 Å². The van der Waals surface area contributed by atoms with Crippen LogP contribution in [0.2, 0.25) is 0 Å². The number of halogens is 1. The minimum absolute atomic E-state index is 0.0706. The van der Waals surface area contributed by atoms with E-state index in [9.17, 15) is 14.0 Å². The molecule has 1 aliphatic heterocycles. The zero-order valence-corrected chi connectivity index (χ0v) is 20.3. The van der Waals surface area contributed by atoms with Gasteiger partial charge in [0, 0.05) is 22.9 Å². The molecule has 0 spiro atoms. The van der Waals surface area contributed by atoms with Crippen molar-refractivity contribution in [1.29, 1.82) is 0 Å². The van der Waals surface area contributed by atoms with Gasteiger partial charge in [0.05, 0.1) is 24.1 Å². The average molecular weight is 498 g/mol. The van der Waals surface area contributed by atoms with Gasteiger partial charge in [-0.1, -0.05) is 30.7 Å². The Hall–Kier alpha value is -2.78. The Labute approximate surface area is 205 Å². The Bertz CT molecular complexity index is 1280. The van der Waals surface area contributed by atoms with E-state index in [1.165, 1.54) is 34.9 Å². The molecular weight excluding hydrogens is 473 g/mol. The Kier molecular flexibility index (Phi) is 6.65. The fraction of sp³-hybridized carbons (Fsp3) is 0.320. The van der Waals surface area contributed by atoms with Crippen LogP contribution in [-0.4, -0.2) is 33.6 Å². The second-order valence-electron chi connectivity index (χ2n) is 8.35. The standard InChI is InChI=1S/C25H24FN3O3S2/c1-32-18-6-4-5-16(13-18)27-21(30)14-33-25-28-23-22(19-7-2-3-8-20(19)34-23)24(31)29(25)17-11-9-15(26)10-12-17/h4-6,9-13,19-20H,2-3,7-8,14H2,1H3,(H,27,30)/t19-,20-/m1/s1. The minimum Gasteiger partial charge on any atom is -0.497 e. The summed E-state index contributed by atoms with van der Waals surface area (Å²) < 4.78 is 20.3. The monoisotopic (exact) mass is 497 g/mol. The van der Waals surface area contributed by atoms with Crippen molar-refractivity contribution in [2.24, 2.45) is 0 Å². The number of benzene rings is 2. The van der Waals surface area contributed by atoms with Gasteiger partial charge < -0.3 is 10.1 Å². The van der Waals surface area contributed by atoms with E-state index in [0.717, 1.165) is 29.9 Å². The highest BCUT2D eigenvalue weighted by Gasteiger charge is 2.39. The number of anilines is 1. The average Bonchev–Trinajstić information content (AvgIpc) is 3.22. The predicted octanol–water partition coefficient (Wildman–Crippen LogP) is 5.24. The van der Waals surface area contributed by atoms with Crippen LogP contribution in [-0.2, 0) is 4.79 Å². The Morgan fingerprint density at radius 3 is 2.82 bits per heavy atom. The van der Waals surface area contributed by atoms with Crippen LogP contribution >= 0.6 is 23.5 Å². The second kappa shape index (κ2) is 9.84. The molecule has 2 aromatic carbocycles. The fourth-order valence-corrected chi connectivity index (χ4v) is 6.93. The molecule has 6 nitrogen and oxygen atoms in total. The van der Waals surface area contributed by atoms with E-state index >= 15 is 0 Å². The van der Waals surface area contributed by atoms with Crippen LogP contribution in [0.25, 0.3) is 5.69 Å². The summed E-state index contributed by atoms with van der Waals surface area (Å²) in [5.41, 5.74) is 1.82. The number of carbonyl (C=O) groups is 1. The summed E-state index contributed by atoms with van der Waals surface area (Å²) in [7, 11) is 1.57. The van der Waals surface area contributed by atoms with E-state index in [4.69, 9.17) is 9.72 Å². The van der Waals surface area contributed by atoms with Gasteiger partial charge in [-0.25, -0.2) is 9.37 Å². The molecule has 176 valence electrons. The summed E-state index contributed by atoms with van der Waals surface area (Å²) in [6.45, 7) is 0. The van der Waals surface area contributed by atoms with Gasteiger partial charge in [0.1, 0.15) is 16.6 Å². The van der Waals surface area contributed by atoms with E-state index in [1.807, 2.05) is 0 Å². The molecule has 1 N–H and O–H groups in total. The van der Waals surface area contributed by atoms with Gasteiger partial charge in [-0.2, -0.15) is 0 Å². The first-order valence-corrected chi connectivity index (χ1v) is 13.1. The summed E-state index contributed by atoms with van der Waals surface area (Å²) in [5.74, 6) is 0.326.